The summed E-state index contributed by atoms with van der Waals surface area (Å²) in [7, 11) is 0. The second-order valence-electron chi connectivity index (χ2n) is 3.37. The normalized spacial score (nSPS) is 15.4. The van der Waals surface area contributed by atoms with Crippen molar-refractivity contribution in [3.63, 3.8) is 0 Å². The number of rotatable bonds is 3. The van der Waals surface area contributed by atoms with Crippen molar-refractivity contribution in [2.24, 2.45) is 5.10 Å². The first-order chi connectivity index (χ1) is 8.15. The van der Waals surface area contributed by atoms with Crippen LogP contribution in [0.1, 0.15) is 12.7 Å². The topological polar surface area (TPSA) is 84.1 Å². The second kappa shape index (κ2) is 4.69. The molecule has 2 heterocycles. The van der Waals surface area contributed by atoms with Crippen LogP contribution in [0.25, 0.3) is 0 Å². The first-order valence-corrected chi connectivity index (χ1v) is 5.01. The van der Waals surface area contributed by atoms with Crippen molar-refractivity contribution in [2.45, 2.75) is 6.92 Å². The number of nitrogens with one attached hydrogen (secondary N) is 1. The molecule has 0 saturated carbocycles. The summed E-state index contributed by atoms with van der Waals surface area (Å²) in [5, 5.41) is 7.58. The second-order valence-corrected chi connectivity index (χ2v) is 3.37. The minimum atomic E-state index is -0.477. The Labute approximate surface area is 97.0 Å². The third kappa shape index (κ3) is 2.83. The van der Waals surface area contributed by atoms with Crippen LogP contribution in [-0.4, -0.2) is 36.4 Å². The molecule has 0 spiro atoms. The molecule has 1 aromatic rings. The van der Waals surface area contributed by atoms with Gasteiger partial charge >= 0.3 is 6.09 Å². The molecule has 0 bridgehead atoms. The number of ether oxygens (including phenoxy) is 1. The summed E-state index contributed by atoms with van der Waals surface area (Å²) in [4.78, 5) is 21.8. The molecule has 7 nitrogen and oxygen atoms in total. The molecule has 1 aliphatic heterocycles. The van der Waals surface area contributed by atoms with Crippen molar-refractivity contribution in [1.29, 1.82) is 0 Å². The molecule has 1 saturated heterocycles. The predicted molar refractivity (Wildman–Crippen MR) is 58.7 cm³/mol. The fourth-order valence-electron chi connectivity index (χ4n) is 1.28. The zero-order valence-electron chi connectivity index (χ0n) is 9.17. The highest BCUT2D eigenvalue weighted by molar-refractivity contribution is 5.88. The van der Waals surface area contributed by atoms with Gasteiger partial charge in [-0.15, -0.1) is 0 Å². The van der Waals surface area contributed by atoms with Gasteiger partial charge in [0.05, 0.1) is 12.8 Å². The van der Waals surface area contributed by atoms with E-state index < -0.39 is 6.09 Å². The molecule has 1 N–H and O–H groups in total. The van der Waals surface area contributed by atoms with E-state index in [0.29, 0.717) is 24.8 Å². The maximum absolute atomic E-state index is 11.0. The quantitative estimate of drug-likeness (QED) is 0.795. The molecule has 1 fully saturated rings. The highest BCUT2D eigenvalue weighted by Crippen LogP contribution is 2.12. The van der Waals surface area contributed by atoms with E-state index in [1.54, 1.807) is 12.1 Å². The molecule has 0 atom stereocenters. The summed E-state index contributed by atoms with van der Waals surface area (Å²) < 4.78 is 9.93. The number of carbonyl (C=O) groups is 2. The van der Waals surface area contributed by atoms with Gasteiger partial charge in [0, 0.05) is 13.0 Å². The zero-order valence-corrected chi connectivity index (χ0v) is 9.17. The Kier molecular flexibility index (Phi) is 3.08. The molecule has 0 unspecified atom stereocenters. The average molecular weight is 237 g/mol. The van der Waals surface area contributed by atoms with E-state index in [0.717, 1.165) is 0 Å². The molecule has 7 heteroatoms. The molecule has 90 valence electrons. The summed E-state index contributed by atoms with van der Waals surface area (Å²) in [6, 6.07) is 3.24. The molecule has 1 aromatic heterocycles. The Morgan fingerprint density at radius 2 is 2.41 bits per heavy atom. The largest absolute Gasteiger partial charge is 0.446 e. The molecule has 1 aliphatic rings. The van der Waals surface area contributed by atoms with Crippen LogP contribution in [0, 0.1) is 0 Å². The van der Waals surface area contributed by atoms with Gasteiger partial charge in [-0.3, -0.25) is 10.1 Å². The van der Waals surface area contributed by atoms with Crippen molar-refractivity contribution in [2.75, 3.05) is 18.5 Å². The van der Waals surface area contributed by atoms with Crippen molar-refractivity contribution in [3.8, 4) is 0 Å². The van der Waals surface area contributed by atoms with Gasteiger partial charge in [0.25, 0.3) is 0 Å². The van der Waals surface area contributed by atoms with Crippen molar-refractivity contribution in [3.05, 3.63) is 17.9 Å². The van der Waals surface area contributed by atoms with Gasteiger partial charge in [-0.1, -0.05) is 0 Å². The zero-order chi connectivity index (χ0) is 12.3. The maximum atomic E-state index is 11.0. The lowest BCUT2D eigenvalue weighted by molar-refractivity contribution is -0.114. The number of nitrogens with zero attached hydrogens (tertiary/aromatic N) is 2. The van der Waals surface area contributed by atoms with Crippen molar-refractivity contribution in [1.82, 2.24) is 5.01 Å². The number of amides is 2. The summed E-state index contributed by atoms with van der Waals surface area (Å²) in [6.45, 7) is 2.15. The number of anilines is 1. The van der Waals surface area contributed by atoms with Gasteiger partial charge in [0.15, 0.2) is 5.88 Å². The van der Waals surface area contributed by atoms with Crippen LogP contribution >= 0.6 is 0 Å². The van der Waals surface area contributed by atoms with Crippen LogP contribution in [-0.2, 0) is 9.53 Å². The van der Waals surface area contributed by atoms with Crippen LogP contribution in [0.15, 0.2) is 21.7 Å². The first-order valence-electron chi connectivity index (χ1n) is 5.01. The number of cyclic esters (lactones) is 1. The minimum Gasteiger partial charge on any atom is -0.446 e. The van der Waals surface area contributed by atoms with Gasteiger partial charge in [0.2, 0.25) is 5.91 Å². The lowest BCUT2D eigenvalue weighted by Crippen LogP contribution is -2.17. The maximum Gasteiger partial charge on any atom is 0.430 e. The van der Waals surface area contributed by atoms with Crippen LogP contribution < -0.4 is 5.32 Å². The predicted octanol–water partition coefficient (Wildman–Crippen LogP) is 1.02. The molecule has 0 aromatic carbocycles. The van der Waals surface area contributed by atoms with E-state index in [4.69, 9.17) is 9.15 Å². The van der Waals surface area contributed by atoms with Gasteiger partial charge in [-0.05, 0) is 6.07 Å². The molecular formula is C10H11N3O4. The van der Waals surface area contributed by atoms with E-state index in [2.05, 4.69) is 10.4 Å². The SMILES string of the molecule is CC(=O)Nc1ccc(/C=N/N2CCOC2=O)o1. The molecule has 2 amide bonds. The summed E-state index contributed by atoms with van der Waals surface area (Å²) in [5.74, 6) is 0.558. The summed E-state index contributed by atoms with van der Waals surface area (Å²) >= 11 is 0. The Morgan fingerprint density at radius 3 is 3.06 bits per heavy atom. The van der Waals surface area contributed by atoms with Crippen molar-refractivity contribution >= 4 is 24.1 Å². The lowest BCUT2D eigenvalue weighted by atomic mass is 10.5. The van der Waals surface area contributed by atoms with Gasteiger partial charge in [-0.2, -0.15) is 10.1 Å². The van der Waals surface area contributed by atoms with Crippen LogP contribution in [0.3, 0.4) is 0 Å². The smallest absolute Gasteiger partial charge is 0.430 e. The highest BCUT2D eigenvalue weighted by Gasteiger charge is 2.20. The molecule has 2 rings (SSSR count). The van der Waals surface area contributed by atoms with E-state index in [9.17, 15) is 9.59 Å². The van der Waals surface area contributed by atoms with Crippen LogP contribution in [0.2, 0.25) is 0 Å². The highest BCUT2D eigenvalue weighted by atomic mass is 16.6. The Bertz CT molecular complexity index is 466. The Morgan fingerprint density at radius 1 is 1.59 bits per heavy atom. The van der Waals surface area contributed by atoms with Crippen LogP contribution in [0.5, 0.6) is 0 Å². The van der Waals surface area contributed by atoms with E-state index in [1.165, 1.54) is 18.1 Å². The molecule has 0 radical (unpaired) electrons. The molecular weight excluding hydrogens is 226 g/mol. The van der Waals surface area contributed by atoms with Gasteiger partial charge in [0.1, 0.15) is 12.4 Å². The molecule has 17 heavy (non-hydrogen) atoms. The van der Waals surface area contributed by atoms with E-state index in [1.807, 2.05) is 0 Å². The third-order valence-electron chi connectivity index (χ3n) is 1.99. The fraction of sp³-hybridized carbons (Fsp3) is 0.300. The number of carbonyl (C=O) groups excluding carboxylic acids is 2. The number of hydrogen-bond donors (Lipinski definition) is 1. The van der Waals surface area contributed by atoms with Crippen LogP contribution in [0.4, 0.5) is 10.7 Å². The van der Waals surface area contributed by atoms with Crippen molar-refractivity contribution < 1.29 is 18.7 Å². The standard InChI is InChI=1S/C10H11N3O4/c1-7(14)12-9-3-2-8(17-9)6-11-13-4-5-16-10(13)15/h2-3,6H,4-5H2,1H3,(H,12,14)/b11-6+. The van der Waals surface area contributed by atoms with Gasteiger partial charge in [-0.25, -0.2) is 4.79 Å². The van der Waals surface area contributed by atoms with Gasteiger partial charge < -0.3 is 9.15 Å². The summed E-state index contributed by atoms with van der Waals surface area (Å²) in [6.07, 6.45) is 0.910. The monoisotopic (exact) mass is 237 g/mol. The number of hydrazone groups is 1. The first kappa shape index (κ1) is 11.2. The van der Waals surface area contributed by atoms with E-state index >= 15 is 0 Å². The molecule has 0 aliphatic carbocycles. The third-order valence-corrected chi connectivity index (χ3v) is 1.99. The van der Waals surface area contributed by atoms with E-state index in [-0.39, 0.29) is 5.91 Å². The fourth-order valence-corrected chi connectivity index (χ4v) is 1.28. The number of hydrogen-bond acceptors (Lipinski definition) is 5. The average Bonchev–Trinajstić information content (AvgIpc) is 2.84. The lowest BCUT2D eigenvalue weighted by Gasteiger charge is -2.02. The Balaban J connectivity index is 1.98. The Hall–Kier alpha value is -2.31. The number of furan rings is 1. The summed E-state index contributed by atoms with van der Waals surface area (Å²) in [5.41, 5.74) is 0. The minimum absolute atomic E-state index is 0.217.